The molecule has 0 aliphatic rings. The minimum atomic E-state index is -0.169. The fourth-order valence-electron chi connectivity index (χ4n) is 2.65. The van der Waals surface area contributed by atoms with Crippen LogP contribution in [0.4, 0.5) is 0 Å². The molecule has 0 bridgehead atoms. The molecule has 0 unspecified atom stereocenters. The Labute approximate surface area is 153 Å². The molecule has 0 atom stereocenters. The highest BCUT2D eigenvalue weighted by atomic mass is 35.5. The predicted octanol–water partition coefficient (Wildman–Crippen LogP) is 4.53. The Morgan fingerprint density at radius 3 is 2.56 bits per heavy atom. The van der Waals surface area contributed by atoms with Crippen LogP contribution in [0, 0.1) is 0 Å². The van der Waals surface area contributed by atoms with E-state index in [0.717, 1.165) is 11.0 Å². The third kappa shape index (κ3) is 2.81. The van der Waals surface area contributed by atoms with Crippen molar-refractivity contribution in [3.63, 3.8) is 0 Å². The van der Waals surface area contributed by atoms with Crippen LogP contribution in [0.2, 0.25) is 5.02 Å². The Kier molecular flexibility index (Phi) is 4.01. The van der Waals surface area contributed by atoms with Gasteiger partial charge in [0.05, 0.1) is 11.0 Å². The maximum absolute atomic E-state index is 13.1. The average molecular weight is 371 g/mol. The maximum atomic E-state index is 13.1. The molecule has 0 amide bonds. The van der Waals surface area contributed by atoms with E-state index >= 15 is 0 Å². The summed E-state index contributed by atoms with van der Waals surface area (Å²) in [6, 6.07) is 14.6. The number of benzene rings is 2. The van der Waals surface area contributed by atoms with E-state index in [9.17, 15) is 4.79 Å². The molecule has 0 N–H and O–H groups in total. The number of para-hydroxylation sites is 2. The van der Waals surface area contributed by atoms with E-state index in [0.29, 0.717) is 21.5 Å². The number of nitrogens with zero attached hydrogens (tertiary/aromatic N) is 4. The first-order valence-corrected chi connectivity index (χ1v) is 9.13. The Bertz CT molecular complexity index is 1080. The molecule has 4 aromatic rings. The second-order valence-corrected chi connectivity index (χ2v) is 7.89. The lowest BCUT2D eigenvalue weighted by Gasteiger charge is -2.07. The number of carbonyl (C=O) groups is 1. The molecule has 0 fully saturated rings. The maximum Gasteiger partial charge on any atom is 0.266 e. The smallest absolute Gasteiger partial charge is 0.266 e. The zero-order chi connectivity index (χ0) is 17.6. The van der Waals surface area contributed by atoms with E-state index in [1.807, 2.05) is 24.3 Å². The standard InChI is InChI=1S/C18H15ClN4OS/c1-11(2)25-18-21-23-15-6-4-3-5-14(15)20-17(23)22(18)16(24)12-7-9-13(19)10-8-12/h3-11H,1-2H3. The third-order valence-corrected chi connectivity index (χ3v) is 4.93. The summed E-state index contributed by atoms with van der Waals surface area (Å²) in [6.45, 7) is 4.13. The molecule has 0 saturated carbocycles. The van der Waals surface area contributed by atoms with Crippen molar-refractivity contribution in [1.82, 2.24) is 19.2 Å². The second kappa shape index (κ2) is 6.20. The van der Waals surface area contributed by atoms with E-state index < -0.39 is 0 Å². The van der Waals surface area contributed by atoms with Gasteiger partial charge in [0.2, 0.25) is 5.78 Å². The number of hydrogen-bond acceptors (Lipinski definition) is 4. The molecule has 7 heteroatoms. The van der Waals surface area contributed by atoms with Gasteiger partial charge >= 0.3 is 0 Å². The lowest BCUT2D eigenvalue weighted by molar-refractivity contribution is 0.0954. The zero-order valence-corrected chi connectivity index (χ0v) is 15.3. The number of halogens is 1. The zero-order valence-electron chi connectivity index (χ0n) is 13.7. The minimum Gasteiger partial charge on any atom is -0.268 e. The van der Waals surface area contributed by atoms with Crippen molar-refractivity contribution in [2.45, 2.75) is 24.3 Å². The highest BCUT2D eigenvalue weighted by molar-refractivity contribution is 7.99. The van der Waals surface area contributed by atoms with Crippen molar-refractivity contribution < 1.29 is 4.79 Å². The van der Waals surface area contributed by atoms with Crippen molar-refractivity contribution in [3.8, 4) is 0 Å². The monoisotopic (exact) mass is 370 g/mol. The fraction of sp³-hybridized carbons (Fsp3) is 0.167. The van der Waals surface area contributed by atoms with Gasteiger partial charge in [0, 0.05) is 15.8 Å². The van der Waals surface area contributed by atoms with Crippen LogP contribution in [-0.2, 0) is 0 Å². The lowest BCUT2D eigenvalue weighted by atomic mass is 10.2. The number of thioether (sulfide) groups is 1. The van der Waals surface area contributed by atoms with Gasteiger partial charge in [0.15, 0.2) is 5.16 Å². The van der Waals surface area contributed by atoms with Gasteiger partial charge in [-0.3, -0.25) is 4.79 Å². The van der Waals surface area contributed by atoms with E-state index in [1.165, 1.54) is 11.8 Å². The van der Waals surface area contributed by atoms with Crippen molar-refractivity contribution in [1.29, 1.82) is 0 Å². The van der Waals surface area contributed by atoms with Crippen molar-refractivity contribution in [3.05, 3.63) is 59.1 Å². The molecule has 25 heavy (non-hydrogen) atoms. The highest BCUT2D eigenvalue weighted by Gasteiger charge is 2.23. The highest BCUT2D eigenvalue weighted by Crippen LogP contribution is 2.27. The van der Waals surface area contributed by atoms with Crippen LogP contribution in [0.15, 0.2) is 53.7 Å². The number of hydrogen-bond donors (Lipinski definition) is 0. The second-order valence-electron chi connectivity index (χ2n) is 5.91. The summed E-state index contributed by atoms with van der Waals surface area (Å²) in [5.41, 5.74) is 2.23. The summed E-state index contributed by atoms with van der Waals surface area (Å²) in [5.74, 6) is 0.349. The molecule has 2 aromatic carbocycles. The quantitative estimate of drug-likeness (QED) is 0.497. The van der Waals surface area contributed by atoms with Gasteiger partial charge in [-0.05, 0) is 36.4 Å². The summed E-state index contributed by atoms with van der Waals surface area (Å²) < 4.78 is 3.31. The van der Waals surface area contributed by atoms with Gasteiger partial charge in [-0.15, -0.1) is 5.10 Å². The Balaban J connectivity index is 1.95. The normalized spacial score (nSPS) is 11.7. The average Bonchev–Trinajstić information content (AvgIpc) is 3.10. The first-order valence-electron chi connectivity index (χ1n) is 7.88. The number of imidazole rings is 1. The predicted molar refractivity (Wildman–Crippen MR) is 101 cm³/mol. The molecular formula is C18H15ClN4OS. The topological polar surface area (TPSA) is 52.2 Å². The third-order valence-electron chi connectivity index (χ3n) is 3.73. The lowest BCUT2D eigenvalue weighted by Crippen LogP contribution is -2.14. The molecule has 126 valence electrons. The molecule has 0 spiro atoms. The SMILES string of the molecule is CC(C)Sc1nn2c3ccccc3nc2n1C(=O)c1ccc(Cl)cc1. The largest absolute Gasteiger partial charge is 0.268 e. The van der Waals surface area contributed by atoms with E-state index in [1.54, 1.807) is 33.3 Å². The van der Waals surface area contributed by atoms with Crippen LogP contribution < -0.4 is 0 Å². The van der Waals surface area contributed by atoms with Crippen molar-refractivity contribution >= 4 is 46.1 Å². The molecule has 5 nitrogen and oxygen atoms in total. The molecule has 2 heterocycles. The molecule has 2 aromatic heterocycles. The summed E-state index contributed by atoms with van der Waals surface area (Å²) >= 11 is 7.47. The number of fused-ring (bicyclic) bond motifs is 3. The molecular weight excluding hydrogens is 356 g/mol. The Morgan fingerprint density at radius 2 is 1.84 bits per heavy atom. The van der Waals surface area contributed by atoms with E-state index in [2.05, 4.69) is 23.9 Å². The van der Waals surface area contributed by atoms with Gasteiger partial charge in [-0.2, -0.15) is 4.52 Å². The molecule has 0 aliphatic carbocycles. The van der Waals surface area contributed by atoms with Crippen LogP contribution in [0.25, 0.3) is 16.8 Å². The van der Waals surface area contributed by atoms with E-state index in [-0.39, 0.29) is 11.2 Å². The number of rotatable bonds is 3. The van der Waals surface area contributed by atoms with Crippen molar-refractivity contribution in [2.24, 2.45) is 0 Å². The summed E-state index contributed by atoms with van der Waals surface area (Å²) in [4.78, 5) is 17.7. The van der Waals surface area contributed by atoms with Crippen LogP contribution in [0.3, 0.4) is 0 Å². The van der Waals surface area contributed by atoms with Crippen LogP contribution in [-0.4, -0.2) is 30.3 Å². The van der Waals surface area contributed by atoms with Crippen LogP contribution >= 0.6 is 23.4 Å². The van der Waals surface area contributed by atoms with Gasteiger partial charge < -0.3 is 0 Å². The molecule has 0 saturated heterocycles. The molecule has 0 aliphatic heterocycles. The van der Waals surface area contributed by atoms with Gasteiger partial charge in [-0.1, -0.05) is 49.3 Å². The number of aromatic nitrogens is 4. The van der Waals surface area contributed by atoms with Crippen LogP contribution in [0.1, 0.15) is 24.2 Å². The summed E-state index contributed by atoms with van der Waals surface area (Å²) in [5, 5.41) is 6.15. The number of carbonyl (C=O) groups excluding carboxylic acids is 1. The van der Waals surface area contributed by atoms with E-state index in [4.69, 9.17) is 11.6 Å². The first kappa shape index (κ1) is 16.2. The Hall–Kier alpha value is -2.31. The minimum absolute atomic E-state index is 0.169. The van der Waals surface area contributed by atoms with Crippen molar-refractivity contribution in [2.75, 3.05) is 0 Å². The molecule has 0 radical (unpaired) electrons. The Morgan fingerprint density at radius 1 is 1.12 bits per heavy atom. The van der Waals surface area contributed by atoms with Crippen LogP contribution in [0.5, 0.6) is 0 Å². The van der Waals surface area contributed by atoms with Gasteiger partial charge in [0.25, 0.3) is 5.91 Å². The summed E-state index contributed by atoms with van der Waals surface area (Å²) in [6.07, 6.45) is 0. The first-order chi connectivity index (χ1) is 12.0. The molecule has 4 rings (SSSR count). The van der Waals surface area contributed by atoms with Gasteiger partial charge in [-0.25, -0.2) is 9.55 Å². The van der Waals surface area contributed by atoms with Gasteiger partial charge in [0.1, 0.15) is 0 Å². The fourth-order valence-corrected chi connectivity index (χ4v) is 3.59. The summed E-state index contributed by atoms with van der Waals surface area (Å²) in [7, 11) is 0.